The van der Waals surface area contributed by atoms with E-state index in [1.54, 1.807) is 18.8 Å². The molecule has 182 valence electrons. The number of fused-ring (bicyclic) bond motifs is 1. The molecule has 1 aliphatic rings. The number of hydrogen-bond donors (Lipinski definition) is 1. The number of ether oxygens (including phenoxy) is 2. The molecule has 0 radical (unpaired) electrons. The molecule has 10 heteroatoms. The number of benzene rings is 1. The summed E-state index contributed by atoms with van der Waals surface area (Å²) in [5, 5.41) is 5.45. The fourth-order valence-electron chi connectivity index (χ4n) is 4.04. The normalized spacial score (nSPS) is 13.9. The van der Waals surface area contributed by atoms with E-state index in [9.17, 15) is 9.59 Å². The number of thiophene rings is 1. The SMILES string of the molecule is COc1ccc(CCNC(=O)CSc2nc3ccsc3c(=O)n2CCN2CCCC2)cc1OC. The Labute approximate surface area is 207 Å². The zero-order valence-corrected chi connectivity index (χ0v) is 21.2. The molecule has 1 N–H and O–H groups in total. The van der Waals surface area contributed by atoms with Crippen LogP contribution in [0, 0.1) is 0 Å². The third kappa shape index (κ3) is 5.92. The number of carbonyl (C=O) groups is 1. The summed E-state index contributed by atoms with van der Waals surface area (Å²) in [5.41, 5.74) is 1.73. The number of hydrogen-bond acceptors (Lipinski definition) is 8. The molecule has 0 spiro atoms. The first kappa shape index (κ1) is 24.6. The number of aromatic nitrogens is 2. The molecule has 34 heavy (non-hydrogen) atoms. The van der Waals surface area contributed by atoms with E-state index in [0.717, 1.165) is 25.2 Å². The minimum absolute atomic E-state index is 0.0180. The summed E-state index contributed by atoms with van der Waals surface area (Å²) in [5.74, 6) is 1.47. The van der Waals surface area contributed by atoms with Gasteiger partial charge in [0.2, 0.25) is 5.91 Å². The number of methoxy groups -OCH3 is 2. The molecule has 3 heterocycles. The van der Waals surface area contributed by atoms with Crippen molar-refractivity contribution in [2.24, 2.45) is 0 Å². The number of amides is 1. The molecule has 0 bridgehead atoms. The Bertz CT molecular complexity index is 1190. The summed E-state index contributed by atoms with van der Waals surface area (Å²) in [6.07, 6.45) is 3.10. The molecular formula is C24H30N4O4S2. The summed E-state index contributed by atoms with van der Waals surface area (Å²) >= 11 is 2.74. The van der Waals surface area contributed by atoms with E-state index >= 15 is 0 Å². The quantitative estimate of drug-likeness (QED) is 0.319. The molecule has 0 aliphatic carbocycles. The maximum absolute atomic E-state index is 13.1. The molecule has 2 aromatic heterocycles. The number of thioether (sulfide) groups is 1. The Morgan fingerprint density at radius 3 is 2.71 bits per heavy atom. The average Bonchev–Trinajstić information content (AvgIpc) is 3.54. The van der Waals surface area contributed by atoms with Gasteiger partial charge in [-0.15, -0.1) is 11.3 Å². The third-order valence-electron chi connectivity index (χ3n) is 5.89. The zero-order chi connectivity index (χ0) is 23.9. The van der Waals surface area contributed by atoms with Crippen LogP contribution in [0.4, 0.5) is 0 Å². The van der Waals surface area contributed by atoms with Gasteiger partial charge in [0.25, 0.3) is 5.56 Å². The zero-order valence-electron chi connectivity index (χ0n) is 19.5. The highest BCUT2D eigenvalue weighted by molar-refractivity contribution is 7.99. The van der Waals surface area contributed by atoms with Crippen LogP contribution in [0.15, 0.2) is 39.6 Å². The van der Waals surface area contributed by atoms with Crippen LogP contribution in [0.3, 0.4) is 0 Å². The van der Waals surface area contributed by atoms with Crippen molar-refractivity contribution >= 4 is 39.2 Å². The lowest BCUT2D eigenvalue weighted by molar-refractivity contribution is -0.118. The monoisotopic (exact) mass is 502 g/mol. The molecule has 1 aliphatic heterocycles. The van der Waals surface area contributed by atoms with Crippen molar-refractivity contribution in [3.8, 4) is 11.5 Å². The van der Waals surface area contributed by atoms with Crippen LogP contribution in [0.5, 0.6) is 11.5 Å². The summed E-state index contributed by atoms with van der Waals surface area (Å²) in [6, 6.07) is 7.60. The van der Waals surface area contributed by atoms with E-state index in [2.05, 4.69) is 15.2 Å². The first-order valence-corrected chi connectivity index (χ1v) is 13.3. The molecule has 3 aromatic rings. The number of rotatable bonds is 11. The lowest BCUT2D eigenvalue weighted by atomic mass is 10.1. The second kappa shape index (κ2) is 11.7. The Morgan fingerprint density at radius 1 is 1.15 bits per heavy atom. The lowest BCUT2D eigenvalue weighted by Crippen LogP contribution is -2.31. The van der Waals surface area contributed by atoms with Gasteiger partial charge in [0, 0.05) is 19.6 Å². The predicted molar refractivity (Wildman–Crippen MR) is 137 cm³/mol. The second-order valence-corrected chi connectivity index (χ2v) is 9.97. The second-order valence-electron chi connectivity index (χ2n) is 8.11. The number of nitrogens with zero attached hydrogens (tertiary/aromatic N) is 3. The van der Waals surface area contributed by atoms with Crippen molar-refractivity contribution < 1.29 is 14.3 Å². The van der Waals surface area contributed by atoms with Crippen LogP contribution in [-0.4, -0.2) is 66.5 Å². The molecule has 4 rings (SSSR count). The van der Waals surface area contributed by atoms with E-state index in [-0.39, 0.29) is 17.2 Å². The molecule has 1 aromatic carbocycles. The van der Waals surface area contributed by atoms with Crippen molar-refractivity contribution in [2.75, 3.05) is 46.2 Å². The molecular weight excluding hydrogens is 472 g/mol. The summed E-state index contributed by atoms with van der Waals surface area (Å²) in [7, 11) is 3.21. The van der Waals surface area contributed by atoms with Gasteiger partial charge < -0.3 is 19.7 Å². The van der Waals surface area contributed by atoms with Gasteiger partial charge in [-0.2, -0.15) is 0 Å². The standard InChI is InChI=1S/C24H30N4O4S2/c1-31-19-6-5-17(15-20(19)32-2)7-9-25-21(29)16-34-24-26-18-8-14-33-22(18)23(30)28(24)13-12-27-10-3-4-11-27/h5-6,8,14-15H,3-4,7,9-13,16H2,1-2H3,(H,25,29). The van der Waals surface area contributed by atoms with E-state index < -0.39 is 0 Å². The number of nitrogens with one attached hydrogen (secondary N) is 1. The Balaban J connectivity index is 1.35. The minimum Gasteiger partial charge on any atom is -0.493 e. The van der Waals surface area contributed by atoms with Crippen molar-refractivity contribution in [3.05, 3.63) is 45.6 Å². The molecule has 0 atom stereocenters. The predicted octanol–water partition coefficient (Wildman–Crippen LogP) is 3.02. The van der Waals surface area contributed by atoms with E-state index in [1.807, 2.05) is 29.6 Å². The van der Waals surface area contributed by atoms with Crippen molar-refractivity contribution in [2.45, 2.75) is 31.0 Å². The molecule has 0 saturated carbocycles. The topological polar surface area (TPSA) is 85.7 Å². The largest absolute Gasteiger partial charge is 0.493 e. The van der Waals surface area contributed by atoms with Crippen LogP contribution in [0.1, 0.15) is 18.4 Å². The Morgan fingerprint density at radius 2 is 1.94 bits per heavy atom. The van der Waals surface area contributed by atoms with Gasteiger partial charge in [0.05, 0.1) is 25.5 Å². The molecule has 8 nitrogen and oxygen atoms in total. The Hall–Kier alpha value is -2.56. The van der Waals surface area contributed by atoms with Crippen LogP contribution in [0.25, 0.3) is 10.2 Å². The maximum atomic E-state index is 13.1. The molecule has 1 saturated heterocycles. The highest BCUT2D eigenvalue weighted by atomic mass is 32.2. The van der Waals surface area contributed by atoms with Crippen LogP contribution in [0.2, 0.25) is 0 Å². The van der Waals surface area contributed by atoms with Crippen LogP contribution >= 0.6 is 23.1 Å². The van der Waals surface area contributed by atoms with Gasteiger partial charge >= 0.3 is 0 Å². The molecule has 1 amide bonds. The highest BCUT2D eigenvalue weighted by Gasteiger charge is 2.17. The molecule has 0 unspecified atom stereocenters. The average molecular weight is 503 g/mol. The van der Waals surface area contributed by atoms with Gasteiger partial charge in [0.15, 0.2) is 16.7 Å². The maximum Gasteiger partial charge on any atom is 0.272 e. The fraction of sp³-hybridized carbons (Fsp3) is 0.458. The summed E-state index contributed by atoms with van der Waals surface area (Å²) < 4.78 is 13.0. The smallest absolute Gasteiger partial charge is 0.272 e. The highest BCUT2D eigenvalue weighted by Crippen LogP contribution is 2.27. The van der Waals surface area contributed by atoms with E-state index in [0.29, 0.717) is 46.4 Å². The van der Waals surface area contributed by atoms with Crippen molar-refractivity contribution in [1.29, 1.82) is 0 Å². The van der Waals surface area contributed by atoms with E-state index in [4.69, 9.17) is 9.47 Å². The van der Waals surface area contributed by atoms with Gasteiger partial charge in [-0.3, -0.25) is 14.2 Å². The van der Waals surface area contributed by atoms with Crippen molar-refractivity contribution in [1.82, 2.24) is 19.8 Å². The van der Waals surface area contributed by atoms with Gasteiger partial charge in [0.1, 0.15) is 4.70 Å². The summed E-state index contributed by atoms with van der Waals surface area (Å²) in [4.78, 5) is 32.6. The third-order valence-corrected chi connectivity index (χ3v) is 7.75. The molecule has 1 fully saturated rings. The van der Waals surface area contributed by atoms with E-state index in [1.165, 1.54) is 35.9 Å². The minimum atomic E-state index is -0.0868. The van der Waals surface area contributed by atoms with Gasteiger partial charge in [-0.05, 0) is 61.5 Å². The number of carbonyl (C=O) groups excluding carboxylic acids is 1. The number of likely N-dealkylation sites (tertiary alicyclic amines) is 1. The van der Waals surface area contributed by atoms with Crippen LogP contribution in [-0.2, 0) is 17.8 Å². The van der Waals surface area contributed by atoms with Crippen molar-refractivity contribution in [3.63, 3.8) is 0 Å². The first-order valence-electron chi connectivity index (χ1n) is 11.4. The fourth-order valence-corrected chi connectivity index (χ4v) is 5.68. The summed E-state index contributed by atoms with van der Waals surface area (Å²) in [6.45, 7) is 4.07. The first-order chi connectivity index (χ1) is 16.6. The van der Waals surface area contributed by atoms with Crippen LogP contribution < -0.4 is 20.3 Å². The lowest BCUT2D eigenvalue weighted by Gasteiger charge is -2.17. The Kier molecular flexibility index (Phi) is 8.47. The van der Waals surface area contributed by atoms with Gasteiger partial charge in [-0.1, -0.05) is 17.8 Å². The van der Waals surface area contributed by atoms with Gasteiger partial charge in [-0.25, -0.2) is 4.98 Å².